The second kappa shape index (κ2) is 8.47. The maximum Gasteiger partial charge on any atom is 0.325 e. The first-order valence-electron chi connectivity index (χ1n) is 8.72. The number of nitro groups is 1. The fourth-order valence-electron chi connectivity index (χ4n) is 2.93. The van der Waals surface area contributed by atoms with Gasteiger partial charge in [-0.25, -0.2) is 4.79 Å². The molecule has 27 heavy (non-hydrogen) atoms. The second-order valence-corrected chi connectivity index (χ2v) is 6.16. The third-order valence-electron chi connectivity index (χ3n) is 4.62. The number of carbonyl (C=O) groups excluding carboxylic acids is 3. The van der Waals surface area contributed by atoms with Gasteiger partial charge in [0.1, 0.15) is 17.8 Å². The van der Waals surface area contributed by atoms with E-state index in [1.54, 1.807) is 32.0 Å². The summed E-state index contributed by atoms with van der Waals surface area (Å²) in [7, 11) is 0. The Kier molecular flexibility index (Phi) is 6.32. The highest BCUT2D eigenvalue weighted by Crippen LogP contribution is 2.24. The van der Waals surface area contributed by atoms with Crippen LogP contribution in [0.4, 0.5) is 16.2 Å². The minimum absolute atomic E-state index is 0.0568. The molecular formula is C17H23N5O5. The number of nitrogens with one attached hydrogen (secondary N) is 3. The number of imide groups is 1. The summed E-state index contributed by atoms with van der Waals surface area (Å²) in [5.41, 5.74) is -0.648. The van der Waals surface area contributed by atoms with Crippen LogP contribution >= 0.6 is 0 Å². The number of benzene rings is 1. The van der Waals surface area contributed by atoms with Crippen molar-refractivity contribution in [2.75, 3.05) is 25.0 Å². The molecule has 1 aliphatic heterocycles. The maximum absolute atomic E-state index is 12.4. The van der Waals surface area contributed by atoms with Crippen molar-refractivity contribution in [3.05, 3.63) is 34.4 Å². The number of nitrogens with zero attached hydrogens (tertiary/aromatic N) is 2. The van der Waals surface area contributed by atoms with Crippen molar-refractivity contribution in [3.63, 3.8) is 0 Å². The van der Waals surface area contributed by atoms with E-state index < -0.39 is 28.3 Å². The Morgan fingerprint density at radius 3 is 2.48 bits per heavy atom. The first kappa shape index (κ1) is 20.1. The van der Waals surface area contributed by atoms with Gasteiger partial charge in [0.15, 0.2) is 0 Å². The predicted molar refractivity (Wildman–Crippen MR) is 98.2 cm³/mol. The third-order valence-corrected chi connectivity index (χ3v) is 4.62. The van der Waals surface area contributed by atoms with Gasteiger partial charge in [-0.15, -0.1) is 0 Å². The van der Waals surface area contributed by atoms with E-state index in [1.807, 2.05) is 0 Å². The van der Waals surface area contributed by atoms with Crippen molar-refractivity contribution in [2.45, 2.75) is 32.2 Å². The van der Waals surface area contributed by atoms with Crippen molar-refractivity contribution >= 4 is 29.2 Å². The molecule has 1 aromatic rings. The van der Waals surface area contributed by atoms with Gasteiger partial charge in [-0.05, 0) is 18.9 Å². The highest BCUT2D eigenvalue weighted by molar-refractivity contribution is 6.08. The highest BCUT2D eigenvalue weighted by Gasteiger charge is 2.49. The number of urea groups is 1. The van der Waals surface area contributed by atoms with Crippen molar-refractivity contribution in [1.82, 2.24) is 15.5 Å². The summed E-state index contributed by atoms with van der Waals surface area (Å²) in [5.74, 6) is -0.878. The molecule has 1 fully saturated rings. The molecule has 0 aliphatic carbocycles. The Balaban J connectivity index is 1.83. The van der Waals surface area contributed by atoms with E-state index in [9.17, 15) is 24.5 Å². The molecule has 10 heteroatoms. The van der Waals surface area contributed by atoms with Crippen LogP contribution in [0.25, 0.3) is 0 Å². The zero-order valence-electron chi connectivity index (χ0n) is 15.3. The predicted octanol–water partition coefficient (Wildman–Crippen LogP) is 1.23. The molecule has 10 nitrogen and oxygen atoms in total. The largest absolute Gasteiger partial charge is 0.378 e. The molecule has 3 N–H and O–H groups in total. The van der Waals surface area contributed by atoms with Crippen LogP contribution in [-0.4, -0.2) is 52.8 Å². The molecule has 1 saturated heterocycles. The van der Waals surface area contributed by atoms with Crippen LogP contribution in [0.5, 0.6) is 0 Å². The lowest BCUT2D eigenvalue weighted by Crippen LogP contribution is -2.46. The van der Waals surface area contributed by atoms with Gasteiger partial charge in [-0.1, -0.05) is 26.0 Å². The molecule has 2 rings (SSSR count). The van der Waals surface area contributed by atoms with Crippen LogP contribution in [0.2, 0.25) is 0 Å². The standard InChI is InChI=1S/C17H23N5O5/c1-3-17(4-2)15(24)21(16(25)20-17)11-14(23)19-10-9-18-12-7-5-6-8-13(12)22(26)27/h5-8,18H,3-4,9-11H2,1-2H3,(H,19,23)(H,20,25). The van der Waals surface area contributed by atoms with Crippen molar-refractivity contribution in [3.8, 4) is 0 Å². The Bertz CT molecular complexity index is 747. The maximum atomic E-state index is 12.4. The van der Waals surface area contributed by atoms with Gasteiger partial charge in [0.05, 0.1) is 4.92 Å². The molecule has 0 radical (unpaired) electrons. The Hall–Kier alpha value is -3.17. The molecule has 0 saturated carbocycles. The van der Waals surface area contributed by atoms with Crippen molar-refractivity contribution < 1.29 is 19.3 Å². The van der Waals surface area contributed by atoms with Gasteiger partial charge in [-0.3, -0.25) is 24.6 Å². The molecule has 1 heterocycles. The monoisotopic (exact) mass is 377 g/mol. The summed E-state index contributed by atoms with van der Waals surface area (Å²) < 4.78 is 0. The number of nitro benzene ring substituents is 1. The minimum atomic E-state index is -0.939. The fraction of sp³-hybridized carbons (Fsp3) is 0.471. The first-order valence-corrected chi connectivity index (χ1v) is 8.72. The number of rotatable bonds is 9. The van der Waals surface area contributed by atoms with Gasteiger partial charge >= 0.3 is 6.03 Å². The minimum Gasteiger partial charge on any atom is -0.378 e. The van der Waals surface area contributed by atoms with Crippen molar-refractivity contribution in [1.29, 1.82) is 0 Å². The van der Waals surface area contributed by atoms with E-state index in [-0.39, 0.29) is 25.3 Å². The van der Waals surface area contributed by atoms with Crippen LogP contribution in [0, 0.1) is 10.1 Å². The van der Waals surface area contributed by atoms with Crippen LogP contribution in [0.1, 0.15) is 26.7 Å². The molecule has 0 unspecified atom stereocenters. The topological polar surface area (TPSA) is 134 Å². The molecule has 0 spiro atoms. The van der Waals surface area contributed by atoms with Crippen molar-refractivity contribution in [2.24, 2.45) is 0 Å². The number of carbonyl (C=O) groups is 3. The Morgan fingerprint density at radius 1 is 1.22 bits per heavy atom. The molecule has 1 aromatic carbocycles. The quantitative estimate of drug-likeness (QED) is 0.256. The Labute approximate surface area is 156 Å². The first-order chi connectivity index (χ1) is 12.8. The van der Waals surface area contributed by atoms with E-state index in [2.05, 4.69) is 16.0 Å². The van der Waals surface area contributed by atoms with Crippen LogP contribution in [0.15, 0.2) is 24.3 Å². The molecule has 4 amide bonds. The summed E-state index contributed by atoms with van der Waals surface area (Å²) in [6, 6.07) is 5.61. The zero-order chi connectivity index (χ0) is 20.0. The van der Waals surface area contributed by atoms with E-state index in [0.29, 0.717) is 18.5 Å². The summed E-state index contributed by atoms with van der Waals surface area (Å²) in [6.45, 7) is 3.68. The fourth-order valence-corrected chi connectivity index (χ4v) is 2.93. The van der Waals surface area contributed by atoms with Gasteiger partial charge in [-0.2, -0.15) is 0 Å². The van der Waals surface area contributed by atoms with Gasteiger partial charge in [0.2, 0.25) is 5.91 Å². The molecule has 0 atom stereocenters. The second-order valence-electron chi connectivity index (χ2n) is 6.16. The average molecular weight is 377 g/mol. The number of hydrogen-bond acceptors (Lipinski definition) is 6. The summed E-state index contributed by atoms with van der Waals surface area (Å²) in [4.78, 5) is 47.8. The summed E-state index contributed by atoms with van der Waals surface area (Å²) >= 11 is 0. The number of para-hydroxylation sites is 2. The van der Waals surface area contributed by atoms with E-state index in [0.717, 1.165) is 4.90 Å². The number of anilines is 1. The normalized spacial score (nSPS) is 15.4. The lowest BCUT2D eigenvalue weighted by atomic mass is 9.93. The smallest absolute Gasteiger partial charge is 0.325 e. The molecule has 146 valence electrons. The molecule has 0 bridgehead atoms. The van der Waals surface area contributed by atoms with Crippen LogP contribution < -0.4 is 16.0 Å². The zero-order valence-corrected chi connectivity index (χ0v) is 15.3. The number of amides is 4. The van der Waals surface area contributed by atoms with Gasteiger partial charge in [0, 0.05) is 19.2 Å². The Morgan fingerprint density at radius 2 is 1.89 bits per heavy atom. The summed E-state index contributed by atoms with van der Waals surface area (Å²) in [5, 5.41) is 19.1. The van der Waals surface area contributed by atoms with E-state index in [4.69, 9.17) is 0 Å². The van der Waals surface area contributed by atoms with Gasteiger partial charge in [0.25, 0.3) is 11.6 Å². The van der Waals surface area contributed by atoms with Crippen LogP contribution in [0.3, 0.4) is 0 Å². The molecular weight excluding hydrogens is 354 g/mol. The van der Waals surface area contributed by atoms with Gasteiger partial charge < -0.3 is 16.0 Å². The third kappa shape index (κ3) is 4.33. The van der Waals surface area contributed by atoms with E-state index >= 15 is 0 Å². The average Bonchev–Trinajstić information content (AvgIpc) is 2.90. The van der Waals surface area contributed by atoms with E-state index in [1.165, 1.54) is 6.07 Å². The molecule has 1 aliphatic rings. The molecule has 0 aromatic heterocycles. The lowest BCUT2D eigenvalue weighted by molar-refractivity contribution is -0.384. The van der Waals surface area contributed by atoms with Crippen LogP contribution in [-0.2, 0) is 9.59 Å². The highest BCUT2D eigenvalue weighted by atomic mass is 16.6. The SMILES string of the molecule is CCC1(CC)NC(=O)N(CC(=O)NCCNc2ccccc2[N+](=O)[O-])C1=O. The summed E-state index contributed by atoms with van der Waals surface area (Å²) in [6.07, 6.45) is 0.901. The lowest BCUT2D eigenvalue weighted by Gasteiger charge is -2.23. The number of hydrogen-bond donors (Lipinski definition) is 3.